The van der Waals surface area contributed by atoms with Gasteiger partial charge in [-0.25, -0.2) is 0 Å². The predicted octanol–water partition coefficient (Wildman–Crippen LogP) is 5.17. The van der Waals surface area contributed by atoms with E-state index in [2.05, 4.69) is 9.88 Å². The predicted molar refractivity (Wildman–Crippen MR) is 153 cm³/mol. The maximum absolute atomic E-state index is 13.1. The van der Waals surface area contributed by atoms with Gasteiger partial charge < -0.3 is 24.1 Å². The molecule has 0 spiro atoms. The summed E-state index contributed by atoms with van der Waals surface area (Å²) in [5.41, 5.74) is 2.28. The van der Waals surface area contributed by atoms with E-state index in [1.165, 1.54) is 0 Å². The van der Waals surface area contributed by atoms with Crippen molar-refractivity contribution in [2.75, 3.05) is 31.7 Å². The Morgan fingerprint density at radius 3 is 2.60 bits per heavy atom. The smallest absolute Gasteiger partial charge is 0.294 e. The summed E-state index contributed by atoms with van der Waals surface area (Å²) in [5.74, 6) is 0.937. The number of carbonyl (C=O) groups is 3. The molecule has 0 radical (unpaired) electrons. The number of amides is 3. The number of ether oxygens (including phenoxy) is 3. The second-order valence-electron chi connectivity index (χ2n) is 9.13. The highest BCUT2D eigenvalue weighted by Crippen LogP contribution is 2.35. The number of rotatable bonds is 8. The first-order chi connectivity index (χ1) is 19.5. The summed E-state index contributed by atoms with van der Waals surface area (Å²) in [6.07, 6.45) is 3.65. The van der Waals surface area contributed by atoms with Crippen LogP contribution in [0.15, 0.2) is 83.9 Å². The van der Waals surface area contributed by atoms with Crippen LogP contribution in [0.5, 0.6) is 17.2 Å². The number of nitrogens with one attached hydrogen (secondary N) is 1. The molecule has 3 aromatic carbocycles. The lowest BCUT2D eigenvalue weighted by Crippen LogP contribution is -2.36. The van der Waals surface area contributed by atoms with Crippen LogP contribution in [0.3, 0.4) is 0 Å². The molecule has 1 fully saturated rings. The Morgan fingerprint density at radius 1 is 0.975 bits per heavy atom. The van der Waals surface area contributed by atoms with Gasteiger partial charge in [0.1, 0.15) is 32.1 Å². The first kappa shape index (κ1) is 25.6. The minimum atomic E-state index is -0.503. The van der Waals surface area contributed by atoms with Gasteiger partial charge in [0.2, 0.25) is 5.91 Å². The summed E-state index contributed by atoms with van der Waals surface area (Å²) < 4.78 is 19.0. The van der Waals surface area contributed by atoms with Crippen molar-refractivity contribution >= 4 is 51.5 Å². The fourth-order valence-corrected chi connectivity index (χ4v) is 5.43. The van der Waals surface area contributed by atoms with Gasteiger partial charge in [0.15, 0.2) is 11.5 Å². The van der Waals surface area contributed by atoms with Gasteiger partial charge in [-0.15, -0.1) is 0 Å². The summed E-state index contributed by atoms with van der Waals surface area (Å²) >= 11 is 0.825. The van der Waals surface area contributed by atoms with Gasteiger partial charge >= 0.3 is 0 Å². The van der Waals surface area contributed by atoms with Gasteiger partial charge in [-0.2, -0.15) is 0 Å². The molecule has 0 atom stereocenters. The summed E-state index contributed by atoms with van der Waals surface area (Å²) in [6, 6.07) is 22.5. The molecule has 1 N–H and O–H groups in total. The molecule has 2 aliphatic rings. The fourth-order valence-electron chi connectivity index (χ4n) is 4.60. The molecule has 1 aromatic heterocycles. The van der Waals surface area contributed by atoms with Crippen molar-refractivity contribution in [1.82, 2.24) is 9.47 Å². The van der Waals surface area contributed by atoms with E-state index >= 15 is 0 Å². The standard InChI is InChI=1S/C30H25N3O6S/c34-28(31-21-10-11-25-26(17-21)39-15-14-38-25)19-33-29(35)27(40-30(33)36)16-20-18-32(24-9-5-4-8-23(20)24)12-13-37-22-6-2-1-3-7-22/h1-11,16-18H,12-15,19H2,(H,31,34)/b27-16-. The third kappa shape index (κ3) is 5.39. The van der Waals surface area contributed by atoms with Crippen LogP contribution in [-0.4, -0.2) is 52.9 Å². The Labute approximate surface area is 234 Å². The van der Waals surface area contributed by atoms with Crippen LogP contribution < -0.4 is 19.5 Å². The van der Waals surface area contributed by atoms with Crippen LogP contribution in [0.1, 0.15) is 5.56 Å². The third-order valence-electron chi connectivity index (χ3n) is 6.45. The molecule has 1 saturated heterocycles. The number of imide groups is 1. The molecule has 0 saturated carbocycles. The minimum absolute atomic E-state index is 0.264. The quantitative estimate of drug-likeness (QED) is 0.300. The van der Waals surface area contributed by atoms with Crippen LogP contribution in [0, 0.1) is 0 Å². The summed E-state index contributed by atoms with van der Waals surface area (Å²) in [4.78, 5) is 39.8. The van der Waals surface area contributed by atoms with E-state index in [4.69, 9.17) is 14.2 Å². The number of nitrogens with zero attached hydrogens (tertiary/aromatic N) is 2. The number of hydrogen-bond acceptors (Lipinski definition) is 7. The number of carbonyl (C=O) groups excluding carboxylic acids is 3. The largest absolute Gasteiger partial charge is 0.492 e. The molecular weight excluding hydrogens is 530 g/mol. The molecule has 6 rings (SSSR count). The van der Waals surface area contributed by atoms with Crippen LogP contribution in [0.4, 0.5) is 10.5 Å². The Kier molecular flexibility index (Phi) is 7.15. The molecule has 4 aromatic rings. The number of para-hydroxylation sites is 2. The van der Waals surface area contributed by atoms with E-state index in [0.29, 0.717) is 43.6 Å². The second kappa shape index (κ2) is 11.2. The second-order valence-corrected chi connectivity index (χ2v) is 10.1. The lowest BCUT2D eigenvalue weighted by atomic mass is 10.1. The number of fused-ring (bicyclic) bond motifs is 2. The van der Waals surface area contributed by atoms with Crippen molar-refractivity contribution in [3.8, 4) is 17.2 Å². The van der Waals surface area contributed by atoms with Crippen LogP contribution >= 0.6 is 11.8 Å². The molecule has 10 heteroatoms. The highest BCUT2D eigenvalue weighted by molar-refractivity contribution is 8.18. The number of anilines is 1. The molecule has 40 heavy (non-hydrogen) atoms. The zero-order valence-electron chi connectivity index (χ0n) is 21.4. The van der Waals surface area contributed by atoms with E-state index in [1.807, 2.05) is 60.8 Å². The van der Waals surface area contributed by atoms with E-state index in [-0.39, 0.29) is 4.91 Å². The highest BCUT2D eigenvalue weighted by Gasteiger charge is 2.36. The van der Waals surface area contributed by atoms with Crippen molar-refractivity contribution < 1.29 is 28.6 Å². The summed E-state index contributed by atoms with van der Waals surface area (Å²) in [5, 5.41) is 3.18. The minimum Gasteiger partial charge on any atom is -0.492 e. The van der Waals surface area contributed by atoms with E-state index in [1.54, 1.807) is 24.3 Å². The topological polar surface area (TPSA) is 99.1 Å². The van der Waals surface area contributed by atoms with E-state index < -0.39 is 23.6 Å². The first-order valence-corrected chi connectivity index (χ1v) is 13.6. The lowest BCUT2D eigenvalue weighted by Gasteiger charge is -2.19. The van der Waals surface area contributed by atoms with Crippen molar-refractivity contribution in [2.45, 2.75) is 6.54 Å². The maximum atomic E-state index is 13.1. The van der Waals surface area contributed by atoms with Crippen LogP contribution in [0.2, 0.25) is 0 Å². The fraction of sp³-hybridized carbons (Fsp3) is 0.167. The average Bonchev–Trinajstić information content (AvgIpc) is 3.45. The Hall–Kier alpha value is -4.70. The van der Waals surface area contributed by atoms with Gasteiger partial charge in [-0.3, -0.25) is 19.3 Å². The Morgan fingerprint density at radius 2 is 1.75 bits per heavy atom. The SMILES string of the molecule is O=C(CN1C(=O)S/C(=C\c2cn(CCOc3ccccc3)c3ccccc23)C1=O)Nc1ccc2c(c1)OCCO2. The average molecular weight is 556 g/mol. The van der Waals surface area contributed by atoms with Gasteiger partial charge in [-0.1, -0.05) is 36.4 Å². The van der Waals surface area contributed by atoms with E-state index in [9.17, 15) is 14.4 Å². The van der Waals surface area contributed by atoms with Crippen molar-refractivity contribution in [3.05, 3.63) is 89.5 Å². The molecule has 0 unspecified atom stereocenters. The number of hydrogen-bond donors (Lipinski definition) is 1. The molecule has 3 amide bonds. The maximum Gasteiger partial charge on any atom is 0.294 e. The highest BCUT2D eigenvalue weighted by atomic mass is 32.2. The van der Waals surface area contributed by atoms with Crippen molar-refractivity contribution in [1.29, 1.82) is 0 Å². The Bertz CT molecular complexity index is 1630. The first-order valence-electron chi connectivity index (χ1n) is 12.8. The zero-order valence-corrected chi connectivity index (χ0v) is 22.2. The van der Waals surface area contributed by atoms with Gasteiger partial charge in [-0.05, 0) is 48.2 Å². The zero-order chi connectivity index (χ0) is 27.5. The van der Waals surface area contributed by atoms with Crippen LogP contribution in [-0.2, 0) is 16.1 Å². The monoisotopic (exact) mass is 555 g/mol. The van der Waals surface area contributed by atoms with Gasteiger partial charge in [0, 0.05) is 34.4 Å². The third-order valence-corrected chi connectivity index (χ3v) is 7.36. The van der Waals surface area contributed by atoms with E-state index in [0.717, 1.165) is 38.9 Å². The lowest BCUT2D eigenvalue weighted by molar-refractivity contribution is -0.127. The van der Waals surface area contributed by atoms with Crippen molar-refractivity contribution in [3.63, 3.8) is 0 Å². The summed E-state index contributed by atoms with van der Waals surface area (Å²) in [6.45, 7) is 1.57. The number of thioether (sulfide) groups is 1. The van der Waals surface area contributed by atoms with Crippen molar-refractivity contribution in [2.24, 2.45) is 0 Å². The molecule has 0 bridgehead atoms. The van der Waals surface area contributed by atoms with Crippen LogP contribution in [0.25, 0.3) is 17.0 Å². The molecular formula is C30H25N3O6S. The normalized spacial score (nSPS) is 15.6. The molecule has 202 valence electrons. The van der Waals surface area contributed by atoms with Gasteiger partial charge in [0.05, 0.1) is 11.4 Å². The number of benzene rings is 3. The molecule has 2 aliphatic heterocycles. The Balaban J connectivity index is 1.14. The van der Waals surface area contributed by atoms with Gasteiger partial charge in [0.25, 0.3) is 11.1 Å². The molecule has 3 heterocycles. The molecule has 9 nitrogen and oxygen atoms in total. The number of aromatic nitrogens is 1. The molecule has 0 aliphatic carbocycles. The summed E-state index contributed by atoms with van der Waals surface area (Å²) in [7, 11) is 0.